The first-order chi connectivity index (χ1) is 9.12. The van der Waals surface area contributed by atoms with Crippen molar-refractivity contribution < 1.29 is 9.90 Å². The number of aryl methyl sites for hydroxylation is 1. The van der Waals surface area contributed by atoms with E-state index in [1.807, 2.05) is 13.8 Å². The molecule has 1 aromatic carbocycles. The smallest absolute Gasteiger partial charge is 0.251 e. The third-order valence-electron chi connectivity index (χ3n) is 2.96. The number of azide groups is 1. The maximum absolute atomic E-state index is 11.9. The van der Waals surface area contributed by atoms with Gasteiger partial charge in [0.2, 0.25) is 0 Å². The van der Waals surface area contributed by atoms with E-state index in [1.165, 1.54) is 0 Å². The fourth-order valence-electron chi connectivity index (χ4n) is 1.67. The second kappa shape index (κ2) is 7.41. The Kier molecular flexibility index (Phi) is 5.85. The van der Waals surface area contributed by atoms with E-state index in [2.05, 4.69) is 15.3 Å². The van der Waals surface area contributed by atoms with Gasteiger partial charge in [-0.1, -0.05) is 18.1 Å². The minimum Gasteiger partial charge on any atom is -0.394 e. The van der Waals surface area contributed by atoms with Crippen molar-refractivity contribution >= 4 is 5.91 Å². The zero-order valence-corrected chi connectivity index (χ0v) is 11.1. The number of carbonyl (C=O) groups excluding carboxylic acids is 1. The number of hydrogen-bond acceptors (Lipinski definition) is 3. The Balaban J connectivity index is 2.82. The fraction of sp³-hybridized carbons (Fsp3) is 0.462. The number of benzene rings is 1. The minimum absolute atomic E-state index is 0.0732. The van der Waals surface area contributed by atoms with Crippen LogP contribution in [0.1, 0.15) is 34.8 Å². The number of aliphatic hydroxyl groups is 1. The number of hydrogen-bond donors (Lipinski definition) is 2. The highest BCUT2D eigenvalue weighted by Crippen LogP contribution is 2.12. The Morgan fingerprint density at radius 1 is 1.58 bits per heavy atom. The zero-order valence-electron chi connectivity index (χ0n) is 11.1. The van der Waals surface area contributed by atoms with E-state index in [0.717, 1.165) is 11.1 Å². The van der Waals surface area contributed by atoms with Gasteiger partial charge in [-0.05, 0) is 42.1 Å². The number of amides is 1. The molecule has 0 spiro atoms. The van der Waals surface area contributed by atoms with Crippen molar-refractivity contribution in [2.45, 2.75) is 32.9 Å². The molecule has 0 bridgehead atoms. The van der Waals surface area contributed by atoms with Crippen molar-refractivity contribution in [3.8, 4) is 0 Å². The highest BCUT2D eigenvalue weighted by Gasteiger charge is 2.12. The molecule has 6 heteroatoms. The molecule has 0 aliphatic heterocycles. The molecule has 0 aliphatic rings. The van der Waals surface area contributed by atoms with Gasteiger partial charge in [0.25, 0.3) is 5.91 Å². The second-order valence-electron chi connectivity index (χ2n) is 4.29. The predicted octanol–water partition coefficient (Wildman–Crippen LogP) is 2.31. The Labute approximate surface area is 112 Å². The van der Waals surface area contributed by atoms with Crippen LogP contribution in [0.2, 0.25) is 0 Å². The maximum atomic E-state index is 11.9. The molecular formula is C13H18N4O2. The third-order valence-corrected chi connectivity index (χ3v) is 2.96. The molecule has 1 aromatic rings. The average Bonchev–Trinajstić information content (AvgIpc) is 2.43. The molecule has 1 atom stereocenters. The summed E-state index contributed by atoms with van der Waals surface area (Å²) in [6.45, 7) is 3.96. The summed E-state index contributed by atoms with van der Waals surface area (Å²) in [4.78, 5) is 14.7. The number of aliphatic hydroxyl groups excluding tert-OH is 1. The summed E-state index contributed by atoms with van der Waals surface area (Å²) in [5, 5.41) is 15.3. The Morgan fingerprint density at radius 3 is 2.84 bits per heavy atom. The summed E-state index contributed by atoms with van der Waals surface area (Å²) in [5.74, 6) is -0.209. The number of nitrogens with zero attached hydrogens (tertiary/aromatic N) is 3. The van der Waals surface area contributed by atoms with Gasteiger partial charge in [-0.3, -0.25) is 4.79 Å². The number of rotatable bonds is 6. The molecule has 1 amide bonds. The highest BCUT2D eigenvalue weighted by atomic mass is 16.3. The van der Waals surface area contributed by atoms with E-state index in [0.29, 0.717) is 12.0 Å². The molecule has 19 heavy (non-hydrogen) atoms. The van der Waals surface area contributed by atoms with E-state index in [-0.39, 0.29) is 25.1 Å². The van der Waals surface area contributed by atoms with Crippen LogP contribution < -0.4 is 5.32 Å². The van der Waals surface area contributed by atoms with E-state index >= 15 is 0 Å². The zero-order chi connectivity index (χ0) is 14.3. The molecule has 0 heterocycles. The van der Waals surface area contributed by atoms with Crippen molar-refractivity contribution in [1.29, 1.82) is 0 Å². The first-order valence-electron chi connectivity index (χ1n) is 6.14. The van der Waals surface area contributed by atoms with Crippen molar-refractivity contribution in [2.24, 2.45) is 5.11 Å². The summed E-state index contributed by atoms with van der Waals surface area (Å²) in [7, 11) is 0. The van der Waals surface area contributed by atoms with Gasteiger partial charge in [-0.2, -0.15) is 0 Å². The van der Waals surface area contributed by atoms with Crippen LogP contribution in [0.15, 0.2) is 23.3 Å². The van der Waals surface area contributed by atoms with Crippen LogP contribution in [0.3, 0.4) is 0 Å². The molecule has 0 fully saturated rings. The van der Waals surface area contributed by atoms with Crippen LogP contribution >= 0.6 is 0 Å². The highest BCUT2D eigenvalue weighted by molar-refractivity contribution is 5.94. The van der Waals surface area contributed by atoms with Gasteiger partial charge in [-0.25, -0.2) is 0 Å². The van der Waals surface area contributed by atoms with Crippen molar-refractivity contribution in [1.82, 2.24) is 5.32 Å². The summed E-state index contributed by atoms with van der Waals surface area (Å²) in [6.07, 6.45) is 0.677. The van der Waals surface area contributed by atoms with Crippen LogP contribution in [0.4, 0.5) is 0 Å². The molecule has 0 saturated carbocycles. The van der Waals surface area contributed by atoms with Crippen molar-refractivity contribution in [3.63, 3.8) is 0 Å². The third kappa shape index (κ3) is 4.28. The summed E-state index contributed by atoms with van der Waals surface area (Å²) < 4.78 is 0. The number of nitrogens with one attached hydrogen (secondary N) is 1. The Morgan fingerprint density at radius 2 is 2.32 bits per heavy atom. The first kappa shape index (κ1) is 15.0. The molecule has 102 valence electrons. The van der Waals surface area contributed by atoms with Gasteiger partial charge in [-0.15, -0.1) is 0 Å². The van der Waals surface area contributed by atoms with Gasteiger partial charge in [0.15, 0.2) is 0 Å². The van der Waals surface area contributed by atoms with Crippen LogP contribution in [-0.4, -0.2) is 23.7 Å². The normalized spacial score (nSPS) is 11.5. The maximum Gasteiger partial charge on any atom is 0.251 e. The van der Waals surface area contributed by atoms with E-state index in [1.54, 1.807) is 18.2 Å². The summed E-state index contributed by atoms with van der Waals surface area (Å²) in [5.41, 5.74) is 10.6. The lowest BCUT2D eigenvalue weighted by Gasteiger charge is -2.14. The molecule has 1 unspecified atom stereocenters. The van der Waals surface area contributed by atoms with Gasteiger partial charge < -0.3 is 10.4 Å². The lowest BCUT2D eigenvalue weighted by Crippen LogP contribution is -2.36. The molecule has 6 nitrogen and oxygen atoms in total. The number of carbonyl (C=O) groups is 1. The van der Waals surface area contributed by atoms with Crippen molar-refractivity contribution in [2.75, 3.05) is 6.61 Å². The van der Waals surface area contributed by atoms with Crippen LogP contribution in [0.25, 0.3) is 10.4 Å². The van der Waals surface area contributed by atoms with Gasteiger partial charge in [0.1, 0.15) is 0 Å². The molecule has 0 aromatic heterocycles. The quantitative estimate of drug-likeness (QED) is 0.467. The fourth-order valence-corrected chi connectivity index (χ4v) is 1.67. The Bertz CT molecular complexity index is 491. The predicted molar refractivity (Wildman–Crippen MR) is 72.7 cm³/mol. The van der Waals surface area contributed by atoms with Crippen molar-refractivity contribution in [3.05, 3.63) is 45.3 Å². The SMILES string of the molecule is CCC(CO)NC(=O)c1ccc(CN=[N+]=[N-])c(C)c1. The molecule has 0 aliphatic carbocycles. The summed E-state index contributed by atoms with van der Waals surface area (Å²) >= 11 is 0. The molecule has 0 radical (unpaired) electrons. The molecule has 0 saturated heterocycles. The van der Waals surface area contributed by atoms with Gasteiger partial charge in [0, 0.05) is 10.5 Å². The van der Waals surface area contributed by atoms with Crippen LogP contribution in [-0.2, 0) is 6.54 Å². The largest absolute Gasteiger partial charge is 0.394 e. The van der Waals surface area contributed by atoms with Gasteiger partial charge >= 0.3 is 0 Å². The van der Waals surface area contributed by atoms with E-state index in [9.17, 15) is 4.79 Å². The molecule has 1 rings (SSSR count). The second-order valence-corrected chi connectivity index (χ2v) is 4.29. The average molecular weight is 262 g/mol. The lowest BCUT2D eigenvalue weighted by atomic mass is 10.0. The first-order valence-corrected chi connectivity index (χ1v) is 6.14. The monoisotopic (exact) mass is 262 g/mol. The summed E-state index contributed by atoms with van der Waals surface area (Å²) in [6, 6.07) is 4.99. The minimum atomic E-state index is -0.226. The topological polar surface area (TPSA) is 98.1 Å². The van der Waals surface area contributed by atoms with Crippen LogP contribution in [0, 0.1) is 6.92 Å². The van der Waals surface area contributed by atoms with E-state index < -0.39 is 0 Å². The standard InChI is InChI=1S/C13H18N4O2/c1-3-12(8-18)16-13(19)10-4-5-11(7-15-17-14)9(2)6-10/h4-6,12,18H,3,7-8H2,1-2H3,(H,16,19). The van der Waals surface area contributed by atoms with E-state index in [4.69, 9.17) is 10.6 Å². The molecule has 2 N–H and O–H groups in total. The van der Waals surface area contributed by atoms with Crippen LogP contribution in [0.5, 0.6) is 0 Å². The van der Waals surface area contributed by atoms with Gasteiger partial charge in [0.05, 0.1) is 19.2 Å². The Hall–Kier alpha value is -2.04. The lowest BCUT2D eigenvalue weighted by molar-refractivity contribution is 0.0915. The molecular weight excluding hydrogens is 244 g/mol.